The second-order valence-corrected chi connectivity index (χ2v) is 6.01. The molecule has 0 unspecified atom stereocenters. The van der Waals surface area contributed by atoms with Crippen LogP contribution in [0.3, 0.4) is 0 Å². The molecule has 7 nitrogen and oxygen atoms in total. The van der Waals surface area contributed by atoms with E-state index >= 15 is 0 Å². The van der Waals surface area contributed by atoms with Crippen LogP contribution in [0.15, 0.2) is 30.6 Å². The predicted octanol–water partition coefficient (Wildman–Crippen LogP) is 1.76. The van der Waals surface area contributed by atoms with E-state index < -0.39 is 0 Å². The highest BCUT2D eigenvalue weighted by atomic mass is 16.1. The number of nitrogens with two attached hydrogens (primary N) is 1. The molecule has 1 fully saturated rings. The van der Waals surface area contributed by atoms with E-state index in [2.05, 4.69) is 32.1 Å². The lowest BCUT2D eigenvalue weighted by atomic mass is 10.1. The van der Waals surface area contributed by atoms with E-state index in [1.54, 1.807) is 19.1 Å². The third kappa shape index (κ3) is 3.46. The SMILES string of the molecule is CC(=O)c1cccc(Nc2ncnc(N3CCN(C)CC3)c2N)c1. The number of nitrogens with zero attached hydrogens (tertiary/aromatic N) is 4. The number of hydrogen-bond donors (Lipinski definition) is 2. The monoisotopic (exact) mass is 326 g/mol. The number of Topliss-reactive ketones (excluding diaryl/α,β-unsaturated/α-hetero) is 1. The van der Waals surface area contributed by atoms with Crippen molar-refractivity contribution in [3.05, 3.63) is 36.2 Å². The molecule has 0 atom stereocenters. The fourth-order valence-electron chi connectivity index (χ4n) is 2.71. The van der Waals surface area contributed by atoms with Gasteiger partial charge in [-0.25, -0.2) is 9.97 Å². The summed E-state index contributed by atoms with van der Waals surface area (Å²) >= 11 is 0. The third-order valence-electron chi connectivity index (χ3n) is 4.20. The van der Waals surface area contributed by atoms with Gasteiger partial charge in [-0.15, -0.1) is 0 Å². The van der Waals surface area contributed by atoms with Crippen LogP contribution in [0.25, 0.3) is 0 Å². The van der Waals surface area contributed by atoms with E-state index in [1.807, 2.05) is 12.1 Å². The Kier molecular flexibility index (Phi) is 4.61. The van der Waals surface area contributed by atoms with E-state index in [9.17, 15) is 4.79 Å². The first kappa shape index (κ1) is 16.2. The number of piperazine rings is 1. The normalized spacial score (nSPS) is 15.3. The van der Waals surface area contributed by atoms with Gasteiger partial charge in [-0.05, 0) is 26.1 Å². The number of carbonyl (C=O) groups is 1. The number of anilines is 4. The van der Waals surface area contributed by atoms with Crippen molar-refractivity contribution in [3.63, 3.8) is 0 Å². The van der Waals surface area contributed by atoms with Crippen molar-refractivity contribution in [1.29, 1.82) is 0 Å². The zero-order chi connectivity index (χ0) is 17.1. The number of hydrogen-bond acceptors (Lipinski definition) is 7. The van der Waals surface area contributed by atoms with E-state index in [1.165, 1.54) is 6.33 Å². The predicted molar refractivity (Wildman–Crippen MR) is 95.9 cm³/mol. The molecule has 0 amide bonds. The van der Waals surface area contributed by atoms with Crippen molar-refractivity contribution < 1.29 is 4.79 Å². The number of likely N-dealkylation sites (N-methyl/N-ethyl adjacent to an activating group) is 1. The van der Waals surface area contributed by atoms with E-state index in [4.69, 9.17) is 5.73 Å². The Hall–Kier alpha value is -2.67. The van der Waals surface area contributed by atoms with Gasteiger partial charge in [0.1, 0.15) is 12.0 Å². The van der Waals surface area contributed by atoms with Gasteiger partial charge >= 0.3 is 0 Å². The van der Waals surface area contributed by atoms with Crippen molar-refractivity contribution in [1.82, 2.24) is 14.9 Å². The highest BCUT2D eigenvalue weighted by Gasteiger charge is 2.19. The molecule has 0 saturated carbocycles. The minimum Gasteiger partial charge on any atom is -0.393 e. The van der Waals surface area contributed by atoms with Gasteiger partial charge in [0.25, 0.3) is 0 Å². The molecule has 2 aromatic rings. The maximum Gasteiger partial charge on any atom is 0.159 e. The zero-order valence-electron chi connectivity index (χ0n) is 14.0. The second-order valence-electron chi connectivity index (χ2n) is 6.01. The van der Waals surface area contributed by atoms with Crippen molar-refractivity contribution in [3.8, 4) is 0 Å². The topological polar surface area (TPSA) is 87.4 Å². The molecule has 1 saturated heterocycles. The van der Waals surface area contributed by atoms with Crippen LogP contribution in [0.2, 0.25) is 0 Å². The largest absolute Gasteiger partial charge is 0.393 e. The standard InChI is InChI=1S/C17H22N6O/c1-12(24)13-4-3-5-14(10-13)21-16-15(18)17(20-11-19-16)23-8-6-22(2)7-9-23/h3-5,10-11H,6-9,18H2,1-2H3,(H,19,20,21). The lowest BCUT2D eigenvalue weighted by Crippen LogP contribution is -2.45. The van der Waals surface area contributed by atoms with Gasteiger partial charge in [-0.2, -0.15) is 0 Å². The molecule has 24 heavy (non-hydrogen) atoms. The van der Waals surface area contributed by atoms with Gasteiger partial charge in [0.05, 0.1) is 0 Å². The quantitative estimate of drug-likeness (QED) is 0.828. The maximum absolute atomic E-state index is 11.5. The summed E-state index contributed by atoms with van der Waals surface area (Å²) in [4.78, 5) is 24.6. The van der Waals surface area contributed by atoms with Gasteiger partial charge in [0, 0.05) is 37.4 Å². The summed E-state index contributed by atoms with van der Waals surface area (Å²) in [5.74, 6) is 1.33. The summed E-state index contributed by atoms with van der Waals surface area (Å²) in [7, 11) is 2.11. The van der Waals surface area contributed by atoms with Crippen molar-refractivity contribution in [2.45, 2.75) is 6.92 Å². The van der Waals surface area contributed by atoms with Crippen LogP contribution >= 0.6 is 0 Å². The van der Waals surface area contributed by atoms with E-state index in [-0.39, 0.29) is 5.78 Å². The average molecular weight is 326 g/mol. The summed E-state index contributed by atoms with van der Waals surface area (Å²) in [5, 5.41) is 3.19. The summed E-state index contributed by atoms with van der Waals surface area (Å²) < 4.78 is 0. The van der Waals surface area contributed by atoms with Gasteiger partial charge in [-0.1, -0.05) is 12.1 Å². The highest BCUT2D eigenvalue weighted by molar-refractivity contribution is 5.95. The fraction of sp³-hybridized carbons (Fsp3) is 0.353. The first-order chi connectivity index (χ1) is 11.5. The van der Waals surface area contributed by atoms with Gasteiger partial charge in [0.2, 0.25) is 0 Å². The Balaban J connectivity index is 1.83. The third-order valence-corrected chi connectivity index (χ3v) is 4.20. The average Bonchev–Trinajstić information content (AvgIpc) is 2.58. The highest BCUT2D eigenvalue weighted by Crippen LogP contribution is 2.29. The number of rotatable bonds is 4. The Morgan fingerprint density at radius 2 is 1.96 bits per heavy atom. The molecule has 3 rings (SSSR count). The van der Waals surface area contributed by atoms with Crippen molar-refractivity contribution in [2.75, 3.05) is 49.2 Å². The van der Waals surface area contributed by atoms with Crippen LogP contribution in [-0.2, 0) is 0 Å². The first-order valence-corrected chi connectivity index (χ1v) is 7.96. The Morgan fingerprint density at radius 1 is 1.21 bits per heavy atom. The minimum atomic E-state index is 0.0208. The number of nitrogen functional groups attached to an aromatic ring is 1. The van der Waals surface area contributed by atoms with Gasteiger partial charge in [-0.3, -0.25) is 4.79 Å². The molecule has 2 heterocycles. The maximum atomic E-state index is 11.5. The molecular formula is C17H22N6O. The zero-order valence-corrected chi connectivity index (χ0v) is 14.0. The molecule has 0 aliphatic carbocycles. The molecule has 1 aromatic carbocycles. The Labute approximate surface area is 141 Å². The van der Waals surface area contributed by atoms with Crippen LogP contribution in [-0.4, -0.2) is 53.9 Å². The smallest absolute Gasteiger partial charge is 0.159 e. The van der Waals surface area contributed by atoms with Crippen LogP contribution in [0, 0.1) is 0 Å². The lowest BCUT2D eigenvalue weighted by Gasteiger charge is -2.33. The van der Waals surface area contributed by atoms with E-state index in [0.29, 0.717) is 17.1 Å². The minimum absolute atomic E-state index is 0.0208. The molecule has 3 N–H and O–H groups in total. The Bertz CT molecular complexity index is 740. The second kappa shape index (κ2) is 6.84. The number of ketones is 1. The van der Waals surface area contributed by atoms with Crippen LogP contribution in [0.1, 0.15) is 17.3 Å². The fourth-order valence-corrected chi connectivity index (χ4v) is 2.71. The lowest BCUT2D eigenvalue weighted by molar-refractivity contribution is 0.101. The molecule has 126 valence electrons. The molecule has 0 bridgehead atoms. The van der Waals surface area contributed by atoms with Crippen molar-refractivity contribution >= 4 is 28.8 Å². The number of carbonyl (C=O) groups excluding carboxylic acids is 1. The van der Waals surface area contributed by atoms with E-state index in [0.717, 1.165) is 37.7 Å². The number of benzene rings is 1. The van der Waals surface area contributed by atoms with Crippen LogP contribution in [0.4, 0.5) is 23.0 Å². The summed E-state index contributed by atoms with van der Waals surface area (Å²) in [6.07, 6.45) is 1.52. The number of aromatic nitrogens is 2. The molecule has 1 aliphatic heterocycles. The molecule has 1 aliphatic rings. The molecule has 0 radical (unpaired) electrons. The molecular weight excluding hydrogens is 304 g/mol. The summed E-state index contributed by atoms with van der Waals surface area (Å²) in [6, 6.07) is 7.28. The summed E-state index contributed by atoms with van der Waals surface area (Å²) in [6.45, 7) is 5.28. The molecule has 7 heteroatoms. The van der Waals surface area contributed by atoms with Crippen molar-refractivity contribution in [2.24, 2.45) is 0 Å². The van der Waals surface area contributed by atoms with Gasteiger partial charge < -0.3 is 20.9 Å². The Morgan fingerprint density at radius 3 is 2.67 bits per heavy atom. The number of nitrogens with one attached hydrogen (secondary N) is 1. The van der Waals surface area contributed by atoms with Crippen LogP contribution < -0.4 is 16.0 Å². The molecule has 0 spiro atoms. The first-order valence-electron chi connectivity index (χ1n) is 7.96. The van der Waals surface area contributed by atoms with Gasteiger partial charge in [0.15, 0.2) is 17.4 Å². The molecule has 1 aromatic heterocycles. The summed E-state index contributed by atoms with van der Waals surface area (Å²) in [5.41, 5.74) is 8.23. The van der Waals surface area contributed by atoms with Crippen LogP contribution in [0.5, 0.6) is 0 Å².